The van der Waals surface area contributed by atoms with Gasteiger partial charge in [-0.1, -0.05) is 30.3 Å². The standard InChI is InChI=1S/C20H21N3S/c1-3-7-16(8-4-1)13-20-22-18(15-24-20)17-9-10-21-19(14-17)23-11-5-2-6-12-23/h1,3-4,7-10,14-15H,2,5-6,11-13H2. The Kier molecular flexibility index (Phi) is 4.56. The first-order chi connectivity index (χ1) is 11.9. The summed E-state index contributed by atoms with van der Waals surface area (Å²) in [5, 5.41) is 3.32. The third kappa shape index (κ3) is 3.49. The molecule has 0 aliphatic carbocycles. The predicted molar refractivity (Wildman–Crippen MR) is 101 cm³/mol. The molecule has 3 aromatic rings. The van der Waals surface area contributed by atoms with Crippen LogP contribution >= 0.6 is 11.3 Å². The summed E-state index contributed by atoms with van der Waals surface area (Å²) in [4.78, 5) is 11.8. The van der Waals surface area contributed by atoms with E-state index in [0.29, 0.717) is 0 Å². The highest BCUT2D eigenvalue weighted by atomic mass is 32.1. The van der Waals surface area contributed by atoms with Gasteiger partial charge >= 0.3 is 0 Å². The molecule has 0 saturated carbocycles. The zero-order valence-corrected chi connectivity index (χ0v) is 14.5. The average Bonchev–Trinajstić information content (AvgIpc) is 3.12. The van der Waals surface area contributed by atoms with Gasteiger partial charge in [0.05, 0.1) is 10.7 Å². The van der Waals surface area contributed by atoms with Crippen LogP contribution in [0, 0.1) is 0 Å². The van der Waals surface area contributed by atoms with Gasteiger partial charge in [-0.3, -0.25) is 0 Å². The summed E-state index contributed by atoms with van der Waals surface area (Å²) in [5.74, 6) is 1.09. The monoisotopic (exact) mass is 335 g/mol. The van der Waals surface area contributed by atoms with Crippen molar-refractivity contribution in [2.24, 2.45) is 0 Å². The number of benzene rings is 1. The first kappa shape index (κ1) is 15.3. The van der Waals surface area contributed by atoms with Gasteiger partial charge in [0, 0.05) is 36.7 Å². The summed E-state index contributed by atoms with van der Waals surface area (Å²) in [7, 11) is 0. The molecule has 1 aliphatic rings. The molecule has 0 amide bonds. The zero-order chi connectivity index (χ0) is 16.2. The number of anilines is 1. The Morgan fingerprint density at radius 1 is 1.00 bits per heavy atom. The summed E-state index contributed by atoms with van der Waals surface area (Å²) in [5.41, 5.74) is 3.54. The number of nitrogens with zero attached hydrogens (tertiary/aromatic N) is 3. The van der Waals surface area contributed by atoms with Crippen LogP contribution in [0.25, 0.3) is 11.3 Å². The van der Waals surface area contributed by atoms with Gasteiger partial charge in [0.2, 0.25) is 0 Å². The minimum Gasteiger partial charge on any atom is -0.357 e. The van der Waals surface area contributed by atoms with Crippen molar-refractivity contribution in [1.29, 1.82) is 0 Å². The molecule has 0 radical (unpaired) electrons. The summed E-state index contributed by atoms with van der Waals surface area (Å²) < 4.78 is 0. The minimum atomic E-state index is 0.898. The molecule has 0 unspecified atom stereocenters. The third-order valence-electron chi connectivity index (χ3n) is 4.47. The van der Waals surface area contributed by atoms with Crippen molar-refractivity contribution in [3.8, 4) is 11.3 Å². The lowest BCUT2D eigenvalue weighted by Crippen LogP contribution is -2.30. The van der Waals surface area contributed by atoms with E-state index in [-0.39, 0.29) is 0 Å². The summed E-state index contributed by atoms with van der Waals surface area (Å²) in [6.45, 7) is 2.24. The molecule has 24 heavy (non-hydrogen) atoms. The van der Waals surface area contributed by atoms with Gasteiger partial charge in [0.15, 0.2) is 0 Å². The summed E-state index contributed by atoms with van der Waals surface area (Å²) in [6, 6.07) is 14.8. The Hall–Kier alpha value is -2.20. The molecule has 122 valence electrons. The van der Waals surface area contributed by atoms with Crippen LogP contribution in [0.4, 0.5) is 5.82 Å². The highest BCUT2D eigenvalue weighted by Gasteiger charge is 2.13. The van der Waals surface area contributed by atoms with Crippen LogP contribution in [0.3, 0.4) is 0 Å². The zero-order valence-electron chi connectivity index (χ0n) is 13.7. The summed E-state index contributed by atoms with van der Waals surface area (Å²) >= 11 is 1.74. The summed E-state index contributed by atoms with van der Waals surface area (Å²) in [6.07, 6.45) is 6.68. The maximum absolute atomic E-state index is 4.83. The van der Waals surface area contributed by atoms with Crippen molar-refractivity contribution in [2.75, 3.05) is 18.0 Å². The second kappa shape index (κ2) is 7.14. The van der Waals surface area contributed by atoms with Gasteiger partial charge in [0.25, 0.3) is 0 Å². The molecule has 1 aromatic carbocycles. The van der Waals surface area contributed by atoms with E-state index in [1.807, 2.05) is 6.20 Å². The quantitative estimate of drug-likeness (QED) is 0.686. The van der Waals surface area contributed by atoms with Gasteiger partial charge in [-0.15, -0.1) is 11.3 Å². The second-order valence-corrected chi connectivity index (χ2v) is 7.18. The fourth-order valence-corrected chi connectivity index (χ4v) is 4.01. The van der Waals surface area contributed by atoms with Crippen molar-refractivity contribution < 1.29 is 0 Å². The van der Waals surface area contributed by atoms with Gasteiger partial charge in [-0.2, -0.15) is 0 Å². The largest absolute Gasteiger partial charge is 0.357 e. The molecule has 2 aromatic heterocycles. The number of aromatic nitrogens is 2. The van der Waals surface area contributed by atoms with Crippen LogP contribution in [0.15, 0.2) is 54.0 Å². The van der Waals surface area contributed by atoms with E-state index in [9.17, 15) is 0 Å². The van der Waals surface area contributed by atoms with Crippen LogP contribution in [-0.2, 0) is 6.42 Å². The van der Waals surface area contributed by atoms with Crippen LogP contribution in [0.1, 0.15) is 29.8 Å². The van der Waals surface area contributed by atoms with Crippen molar-refractivity contribution >= 4 is 17.2 Å². The Balaban J connectivity index is 1.53. The van der Waals surface area contributed by atoms with Gasteiger partial charge < -0.3 is 4.90 Å². The molecule has 1 aliphatic heterocycles. The number of thiazole rings is 1. The Morgan fingerprint density at radius 2 is 1.83 bits per heavy atom. The van der Waals surface area contributed by atoms with E-state index < -0.39 is 0 Å². The van der Waals surface area contributed by atoms with Crippen LogP contribution in [-0.4, -0.2) is 23.1 Å². The topological polar surface area (TPSA) is 29.0 Å². The van der Waals surface area contributed by atoms with Crippen LogP contribution in [0.2, 0.25) is 0 Å². The molecule has 1 saturated heterocycles. The van der Waals surface area contributed by atoms with E-state index in [2.05, 4.69) is 57.7 Å². The third-order valence-corrected chi connectivity index (χ3v) is 5.32. The van der Waals surface area contributed by atoms with Crippen molar-refractivity contribution in [2.45, 2.75) is 25.7 Å². The van der Waals surface area contributed by atoms with E-state index >= 15 is 0 Å². The Morgan fingerprint density at radius 3 is 2.67 bits per heavy atom. The van der Waals surface area contributed by atoms with E-state index in [1.165, 1.54) is 30.4 Å². The predicted octanol–water partition coefficient (Wildman–Crippen LogP) is 4.79. The fraction of sp³-hybridized carbons (Fsp3) is 0.300. The molecule has 0 bridgehead atoms. The normalized spacial score (nSPS) is 14.8. The van der Waals surface area contributed by atoms with E-state index in [0.717, 1.165) is 36.0 Å². The average molecular weight is 335 g/mol. The Labute approximate surface area is 147 Å². The van der Waals surface area contributed by atoms with E-state index in [1.54, 1.807) is 11.3 Å². The van der Waals surface area contributed by atoms with Crippen LogP contribution in [0.5, 0.6) is 0 Å². The lowest BCUT2D eigenvalue weighted by atomic mass is 10.1. The maximum atomic E-state index is 4.83. The highest BCUT2D eigenvalue weighted by molar-refractivity contribution is 7.10. The molecule has 1 fully saturated rings. The molecule has 0 spiro atoms. The molecule has 3 heterocycles. The lowest BCUT2D eigenvalue weighted by molar-refractivity contribution is 0.573. The fourth-order valence-electron chi connectivity index (χ4n) is 3.17. The SMILES string of the molecule is c1ccc(Cc2nc(-c3ccnc(N4CCCCC4)c3)cs2)cc1. The molecule has 0 N–H and O–H groups in total. The highest BCUT2D eigenvalue weighted by Crippen LogP contribution is 2.27. The van der Waals surface area contributed by atoms with E-state index in [4.69, 9.17) is 4.98 Å². The number of hydrogen-bond acceptors (Lipinski definition) is 4. The molecule has 0 atom stereocenters. The van der Waals surface area contributed by atoms with Crippen molar-refractivity contribution in [3.05, 3.63) is 64.6 Å². The maximum Gasteiger partial charge on any atom is 0.129 e. The van der Waals surface area contributed by atoms with Gasteiger partial charge in [-0.05, 0) is 37.0 Å². The number of piperidine rings is 1. The van der Waals surface area contributed by atoms with Gasteiger partial charge in [-0.25, -0.2) is 9.97 Å². The van der Waals surface area contributed by atoms with Crippen molar-refractivity contribution in [1.82, 2.24) is 9.97 Å². The minimum absolute atomic E-state index is 0.898. The lowest BCUT2D eigenvalue weighted by Gasteiger charge is -2.27. The van der Waals surface area contributed by atoms with Crippen molar-refractivity contribution in [3.63, 3.8) is 0 Å². The molecule has 4 heteroatoms. The first-order valence-corrected chi connectivity index (χ1v) is 9.46. The van der Waals surface area contributed by atoms with Crippen LogP contribution < -0.4 is 4.90 Å². The Bertz CT molecular complexity index is 791. The first-order valence-electron chi connectivity index (χ1n) is 8.58. The number of hydrogen-bond donors (Lipinski definition) is 0. The molecule has 3 nitrogen and oxygen atoms in total. The smallest absolute Gasteiger partial charge is 0.129 e. The molecular weight excluding hydrogens is 314 g/mol. The van der Waals surface area contributed by atoms with Gasteiger partial charge in [0.1, 0.15) is 5.82 Å². The molecule has 4 rings (SSSR count). The second-order valence-electron chi connectivity index (χ2n) is 6.24. The molecular formula is C20H21N3S. The number of pyridine rings is 1. The number of rotatable bonds is 4.